The Labute approximate surface area is 153 Å². The Kier molecular flexibility index (Phi) is 6.74. The minimum atomic E-state index is -0.0132. The summed E-state index contributed by atoms with van der Waals surface area (Å²) in [7, 11) is 0. The smallest absolute Gasteiger partial charge is 0.233 e. The Balaban J connectivity index is 2.35. The minimum absolute atomic E-state index is 0.0132. The zero-order valence-corrected chi connectivity index (χ0v) is 15.7. The van der Waals surface area contributed by atoms with Crippen LogP contribution in [0.4, 0.5) is 0 Å². The molecular formula is C18H17BrN2O4. The monoisotopic (exact) mass is 404 g/mol. The molecule has 0 fully saturated rings. The zero-order chi connectivity index (χ0) is 18.2. The van der Waals surface area contributed by atoms with Crippen molar-refractivity contribution in [2.75, 3.05) is 6.61 Å². The number of oxazole rings is 1. The van der Waals surface area contributed by atoms with Gasteiger partial charge in [0.25, 0.3) is 0 Å². The Morgan fingerprint density at radius 2 is 2.20 bits per heavy atom. The molecule has 6 nitrogen and oxygen atoms in total. The largest absolute Gasteiger partial charge is 0.482 e. The van der Waals surface area contributed by atoms with Crippen molar-refractivity contribution in [1.29, 1.82) is 0 Å². The van der Waals surface area contributed by atoms with E-state index in [-0.39, 0.29) is 11.5 Å². The fraction of sp³-hybridized carbons (Fsp3) is 0.222. The summed E-state index contributed by atoms with van der Waals surface area (Å²) in [4.78, 5) is 15.4. The minimum Gasteiger partial charge on any atom is -0.482 e. The van der Waals surface area contributed by atoms with Crippen LogP contribution in [0, 0.1) is 0 Å². The molecule has 0 aliphatic heterocycles. The summed E-state index contributed by atoms with van der Waals surface area (Å²) in [5, 5.41) is 3.82. The lowest BCUT2D eigenvalue weighted by molar-refractivity contribution is 0.295. The van der Waals surface area contributed by atoms with E-state index in [2.05, 4.69) is 26.1 Å². The van der Waals surface area contributed by atoms with Crippen molar-refractivity contribution >= 4 is 33.2 Å². The number of aromatic nitrogens is 2. The molecule has 0 radical (unpaired) electrons. The Hall–Kier alpha value is -2.63. The fourth-order valence-corrected chi connectivity index (χ4v) is 2.37. The molecule has 0 aromatic carbocycles. The molecular weight excluding hydrogens is 388 g/mol. The zero-order valence-electron chi connectivity index (χ0n) is 14.1. The van der Waals surface area contributed by atoms with Gasteiger partial charge in [-0.15, -0.1) is 0 Å². The maximum absolute atomic E-state index is 10.9. The molecule has 7 heteroatoms. The molecule has 0 bridgehead atoms. The maximum Gasteiger partial charge on any atom is 0.233 e. The number of allylic oxidation sites excluding steroid dienone is 6. The molecule has 25 heavy (non-hydrogen) atoms. The van der Waals surface area contributed by atoms with Gasteiger partial charge in [0.15, 0.2) is 23.1 Å². The fourth-order valence-electron chi connectivity index (χ4n) is 1.93. The van der Waals surface area contributed by atoms with E-state index in [9.17, 15) is 4.79 Å². The summed E-state index contributed by atoms with van der Waals surface area (Å²) in [6, 6.07) is 1.55. The average molecular weight is 405 g/mol. The summed E-state index contributed by atoms with van der Waals surface area (Å²) in [6.45, 7) is 5.92. The van der Waals surface area contributed by atoms with Crippen molar-refractivity contribution in [2.45, 2.75) is 20.8 Å². The number of hydrogen-bond acceptors (Lipinski definition) is 6. The van der Waals surface area contributed by atoms with Gasteiger partial charge in [0.05, 0.1) is 6.61 Å². The number of carbonyl (C=O) groups excluding carboxylic acids is 1. The quantitative estimate of drug-likeness (QED) is 0.373. The normalized spacial score (nSPS) is 12.1. The first-order valence-corrected chi connectivity index (χ1v) is 8.41. The van der Waals surface area contributed by atoms with Crippen LogP contribution in [0.25, 0.3) is 22.8 Å². The molecule has 0 saturated heterocycles. The Bertz CT molecular complexity index is 868. The van der Waals surface area contributed by atoms with E-state index < -0.39 is 0 Å². The molecule has 0 spiro atoms. The number of rotatable bonds is 7. The highest BCUT2D eigenvalue weighted by atomic mass is 79.9. The summed E-state index contributed by atoms with van der Waals surface area (Å²) < 4.78 is 16.5. The van der Waals surface area contributed by atoms with Crippen LogP contribution in [0.2, 0.25) is 0 Å². The topological polar surface area (TPSA) is 78.4 Å². The lowest BCUT2D eigenvalue weighted by Gasteiger charge is -1.97. The molecule has 2 rings (SSSR count). The van der Waals surface area contributed by atoms with Gasteiger partial charge in [0.2, 0.25) is 16.3 Å². The van der Waals surface area contributed by atoms with Gasteiger partial charge in [-0.25, -0.2) is 9.78 Å². The number of hydrogen-bond donors (Lipinski definition) is 0. The molecule has 0 aliphatic carbocycles. The number of nitrogens with zero attached hydrogens (tertiary/aromatic N) is 2. The van der Waals surface area contributed by atoms with Crippen LogP contribution in [0.15, 0.2) is 50.1 Å². The molecule has 0 aliphatic rings. The second-order valence-corrected chi connectivity index (χ2v) is 5.43. The lowest BCUT2D eigenvalue weighted by Crippen LogP contribution is -1.91. The summed E-state index contributed by atoms with van der Waals surface area (Å²) in [6.07, 6.45) is 9.49. The van der Waals surface area contributed by atoms with E-state index >= 15 is 0 Å². The van der Waals surface area contributed by atoms with E-state index in [1.165, 1.54) is 0 Å². The highest BCUT2D eigenvalue weighted by Gasteiger charge is 2.20. The number of halogens is 1. The highest BCUT2D eigenvalue weighted by molar-refractivity contribution is 9.10. The van der Waals surface area contributed by atoms with Crippen LogP contribution < -0.4 is 0 Å². The molecule has 0 atom stereocenters. The molecule has 2 heterocycles. The summed E-state index contributed by atoms with van der Waals surface area (Å²) in [5.41, 5.74) is 1.50. The van der Waals surface area contributed by atoms with Gasteiger partial charge in [-0.2, -0.15) is 0 Å². The number of ether oxygens (including phenoxy) is 1. The van der Waals surface area contributed by atoms with E-state index in [1.54, 1.807) is 18.9 Å². The summed E-state index contributed by atoms with van der Waals surface area (Å²) >= 11 is 3.33. The first-order chi connectivity index (χ1) is 12.1. The molecule has 0 amide bonds. The van der Waals surface area contributed by atoms with Crippen molar-refractivity contribution < 1.29 is 18.5 Å². The van der Waals surface area contributed by atoms with Gasteiger partial charge in [-0.1, -0.05) is 29.5 Å². The first kappa shape index (κ1) is 18.7. The van der Waals surface area contributed by atoms with Crippen LogP contribution in [-0.2, 0) is 9.53 Å². The van der Waals surface area contributed by atoms with Crippen molar-refractivity contribution in [3.63, 3.8) is 0 Å². The molecule has 0 saturated carbocycles. The Morgan fingerprint density at radius 1 is 1.40 bits per heavy atom. The average Bonchev–Trinajstić information content (AvgIpc) is 3.23. The van der Waals surface area contributed by atoms with Crippen LogP contribution in [0.1, 0.15) is 32.4 Å². The third-order valence-electron chi connectivity index (χ3n) is 3.08. The van der Waals surface area contributed by atoms with E-state index in [0.717, 1.165) is 5.57 Å². The predicted molar refractivity (Wildman–Crippen MR) is 98.0 cm³/mol. The van der Waals surface area contributed by atoms with Gasteiger partial charge in [0, 0.05) is 11.6 Å². The van der Waals surface area contributed by atoms with Crippen LogP contribution in [0.3, 0.4) is 0 Å². The summed E-state index contributed by atoms with van der Waals surface area (Å²) in [5.74, 6) is 2.46. The van der Waals surface area contributed by atoms with Crippen LogP contribution in [-0.4, -0.2) is 22.7 Å². The highest BCUT2D eigenvalue weighted by Crippen LogP contribution is 2.32. The molecule has 130 valence electrons. The van der Waals surface area contributed by atoms with E-state index in [4.69, 9.17) is 13.7 Å². The third kappa shape index (κ3) is 4.47. The second kappa shape index (κ2) is 9.01. The lowest BCUT2D eigenvalue weighted by atomic mass is 10.2. The van der Waals surface area contributed by atoms with Crippen molar-refractivity contribution in [3.8, 4) is 11.5 Å². The van der Waals surface area contributed by atoms with Crippen molar-refractivity contribution in [1.82, 2.24) is 10.1 Å². The van der Waals surface area contributed by atoms with Crippen LogP contribution in [0.5, 0.6) is 0 Å². The van der Waals surface area contributed by atoms with Gasteiger partial charge >= 0.3 is 0 Å². The molecule has 0 N–H and O–H groups in total. The SMILES string of the molecule is C\C=C/C=C\C(=C/C)c1nc(-c2cc(C(=C=O)OCC)no2)c(Br)o1. The maximum atomic E-state index is 10.9. The van der Waals surface area contributed by atoms with Crippen molar-refractivity contribution in [2.24, 2.45) is 0 Å². The second-order valence-electron chi connectivity index (χ2n) is 4.71. The van der Waals surface area contributed by atoms with Gasteiger partial charge in [-0.05, 0) is 42.8 Å². The molecule has 2 aromatic rings. The first-order valence-electron chi connectivity index (χ1n) is 7.62. The standard InChI is InChI=1S/C18H17BrN2O4/c1-4-7-8-9-12(5-2)18-20-16(17(19)24-18)14-10-13(21-25-14)15(11-22)23-6-3/h4-5,7-10H,6H2,1-3H3/b7-4-,9-8-,12-5+. The van der Waals surface area contributed by atoms with Crippen molar-refractivity contribution in [3.05, 3.63) is 52.7 Å². The molecule has 2 aromatic heterocycles. The Morgan fingerprint density at radius 3 is 2.84 bits per heavy atom. The molecule has 0 unspecified atom stereocenters. The van der Waals surface area contributed by atoms with Gasteiger partial charge in [0.1, 0.15) is 0 Å². The van der Waals surface area contributed by atoms with Crippen LogP contribution >= 0.6 is 15.9 Å². The third-order valence-corrected chi connectivity index (χ3v) is 3.62. The predicted octanol–water partition coefficient (Wildman–Crippen LogP) is 4.84. The van der Waals surface area contributed by atoms with Gasteiger partial charge in [-0.3, -0.25) is 0 Å². The van der Waals surface area contributed by atoms with E-state index in [0.29, 0.717) is 28.6 Å². The van der Waals surface area contributed by atoms with E-state index in [1.807, 2.05) is 44.2 Å². The van der Waals surface area contributed by atoms with Gasteiger partial charge < -0.3 is 13.7 Å².